The molecule has 11 rings (SSSR count). The minimum absolute atomic E-state index is 0.587. The average molecular weight is 990 g/mol. The Labute approximate surface area is 427 Å². The van der Waals surface area contributed by atoms with E-state index < -0.39 is 37.7 Å². The molecule has 0 aliphatic heterocycles. The van der Waals surface area contributed by atoms with Crippen molar-refractivity contribution in [3.05, 3.63) is 216 Å². The van der Waals surface area contributed by atoms with E-state index in [9.17, 15) is 0 Å². The Balaban J connectivity index is 1.21. The predicted molar refractivity (Wildman–Crippen MR) is 322 cm³/mol. The fraction of sp³-hybridized carbons (Fsp3) is 0.200. The minimum Gasteiger partial charge on any atom is -0.310 e. The van der Waals surface area contributed by atoms with E-state index in [1.165, 1.54) is 104 Å². The van der Waals surface area contributed by atoms with E-state index in [2.05, 4.69) is 282 Å². The van der Waals surface area contributed by atoms with Crippen molar-refractivity contribution in [2.24, 2.45) is 0 Å². The van der Waals surface area contributed by atoms with Crippen LogP contribution in [-0.4, -0.2) is 32.3 Å². The molecule has 0 bridgehead atoms. The molecule has 2 aliphatic rings. The van der Waals surface area contributed by atoms with Crippen molar-refractivity contribution >= 4 is 97.9 Å². The van der Waals surface area contributed by atoms with Crippen LogP contribution in [0.15, 0.2) is 194 Å². The highest BCUT2D eigenvalue weighted by Crippen LogP contribution is 2.65. The zero-order valence-corrected chi connectivity index (χ0v) is 47.9. The number of rotatable bonds is 10. The summed E-state index contributed by atoms with van der Waals surface area (Å²) in [4.78, 5) is 5.06. The van der Waals surface area contributed by atoms with Crippen molar-refractivity contribution in [1.82, 2.24) is 0 Å². The summed E-state index contributed by atoms with van der Waals surface area (Å²) in [5, 5.41) is 8.38. The smallest absolute Gasteiger partial charge is 0.0775 e. The van der Waals surface area contributed by atoms with E-state index in [1.54, 1.807) is 0 Å². The standard InChI is InChI=1S/C65H68N2Si4/c1-68(2,3)50-34-25-45(26-35-50)66(46-27-36-51(37-28-46)69(4,5)6)49-33-42-58-61(43-49)65(59-23-17-15-19-54(59)55-20-16-18-24-60(55)65)62-44-63(56-21-13-14-22-57(56)64(58)62)67(47-29-38-52(39-30-47)70(7,8)9)48-31-40-53(41-32-48)71(10,11)12/h13-44H,1-12H3. The normalized spacial score (nSPS) is 13.7. The van der Waals surface area contributed by atoms with Crippen molar-refractivity contribution in [3.63, 3.8) is 0 Å². The maximum atomic E-state index is 2.59. The quantitative estimate of drug-likeness (QED) is 0.126. The topological polar surface area (TPSA) is 6.48 Å². The molecule has 0 saturated heterocycles. The Morgan fingerprint density at radius 2 is 0.634 bits per heavy atom. The van der Waals surface area contributed by atoms with Gasteiger partial charge in [0.25, 0.3) is 0 Å². The minimum atomic E-state index is -1.55. The fourth-order valence-corrected chi connectivity index (χ4v) is 16.3. The molecular weight excluding hydrogens is 921 g/mol. The van der Waals surface area contributed by atoms with Gasteiger partial charge in [0.15, 0.2) is 0 Å². The first-order valence-electron chi connectivity index (χ1n) is 25.7. The Kier molecular flexibility index (Phi) is 11.2. The lowest BCUT2D eigenvalue weighted by atomic mass is 9.70. The van der Waals surface area contributed by atoms with E-state index in [-0.39, 0.29) is 0 Å². The lowest BCUT2D eigenvalue weighted by Gasteiger charge is -2.34. The Bertz CT molecular complexity index is 3330. The third-order valence-corrected chi connectivity index (χ3v) is 23.8. The van der Waals surface area contributed by atoms with E-state index in [4.69, 9.17) is 0 Å². The van der Waals surface area contributed by atoms with Crippen molar-refractivity contribution in [1.29, 1.82) is 0 Å². The van der Waals surface area contributed by atoms with Crippen LogP contribution >= 0.6 is 0 Å². The molecule has 0 atom stereocenters. The number of fused-ring (bicyclic) bond motifs is 12. The van der Waals surface area contributed by atoms with Gasteiger partial charge in [0.2, 0.25) is 0 Å². The second kappa shape index (κ2) is 16.9. The molecule has 2 aliphatic carbocycles. The molecule has 0 fully saturated rings. The van der Waals surface area contributed by atoms with Gasteiger partial charge >= 0.3 is 0 Å². The average Bonchev–Trinajstić information content (AvgIpc) is 3.81. The first kappa shape index (κ1) is 47.1. The van der Waals surface area contributed by atoms with Gasteiger partial charge in [-0.25, -0.2) is 0 Å². The van der Waals surface area contributed by atoms with Gasteiger partial charge in [-0.2, -0.15) is 0 Å². The zero-order valence-electron chi connectivity index (χ0n) is 43.9. The number of anilines is 6. The molecule has 0 radical (unpaired) electrons. The van der Waals surface area contributed by atoms with Gasteiger partial charge in [0.1, 0.15) is 0 Å². The Morgan fingerprint density at radius 3 is 1.04 bits per heavy atom. The van der Waals surface area contributed by atoms with Crippen LogP contribution in [0.1, 0.15) is 22.3 Å². The fourth-order valence-electron chi connectivity index (χ4n) is 11.6. The maximum absolute atomic E-state index is 2.59. The molecule has 6 heteroatoms. The van der Waals surface area contributed by atoms with Crippen LogP contribution in [0.3, 0.4) is 0 Å². The molecule has 354 valence electrons. The van der Waals surface area contributed by atoms with Crippen LogP contribution in [0.25, 0.3) is 33.0 Å². The van der Waals surface area contributed by atoms with Crippen molar-refractivity contribution in [3.8, 4) is 22.3 Å². The summed E-state index contributed by atoms with van der Waals surface area (Å²) in [6, 6.07) is 75.8. The molecule has 9 aromatic rings. The highest BCUT2D eigenvalue weighted by molar-refractivity contribution is 6.90. The molecule has 1 spiro atoms. The summed E-state index contributed by atoms with van der Waals surface area (Å²) in [6.07, 6.45) is 0. The molecular formula is C65H68N2Si4. The van der Waals surface area contributed by atoms with Crippen LogP contribution in [0.2, 0.25) is 78.6 Å². The second-order valence-corrected chi connectivity index (χ2v) is 44.6. The maximum Gasteiger partial charge on any atom is 0.0775 e. The SMILES string of the molecule is C[Si](C)(C)c1ccc(N(c2ccc([Si](C)(C)C)cc2)c2ccc3c(c2)C2(c4ccccc4-c4ccccc42)c2cc(N(c4ccc([Si](C)(C)C)cc4)c4ccc([Si](C)(C)C)cc4)c4ccccc4c2-3)cc1. The van der Waals surface area contributed by atoms with E-state index in [1.807, 2.05) is 0 Å². The Hall–Kier alpha value is -6.29. The molecule has 0 unspecified atom stereocenters. The number of hydrogen-bond donors (Lipinski definition) is 0. The molecule has 9 aromatic carbocycles. The van der Waals surface area contributed by atoms with Crippen molar-refractivity contribution < 1.29 is 0 Å². The summed E-state index contributed by atoms with van der Waals surface area (Å²) in [5.74, 6) is 0. The lowest BCUT2D eigenvalue weighted by Crippen LogP contribution is -2.37. The highest BCUT2D eigenvalue weighted by atomic mass is 28.3. The highest BCUT2D eigenvalue weighted by Gasteiger charge is 2.53. The van der Waals surface area contributed by atoms with Gasteiger partial charge in [0.05, 0.1) is 43.4 Å². The molecule has 71 heavy (non-hydrogen) atoms. The van der Waals surface area contributed by atoms with Gasteiger partial charge in [-0.15, -0.1) is 0 Å². The molecule has 0 amide bonds. The summed E-state index contributed by atoms with van der Waals surface area (Å²) in [7, 11) is -6.17. The second-order valence-electron chi connectivity index (χ2n) is 24.3. The summed E-state index contributed by atoms with van der Waals surface area (Å²) in [6.45, 7) is 29.3. The van der Waals surface area contributed by atoms with Gasteiger partial charge < -0.3 is 9.80 Å². The van der Waals surface area contributed by atoms with Gasteiger partial charge in [-0.05, 0) is 117 Å². The Morgan fingerprint density at radius 1 is 0.282 bits per heavy atom. The van der Waals surface area contributed by atoms with Gasteiger partial charge in [0, 0.05) is 33.8 Å². The van der Waals surface area contributed by atoms with Crippen LogP contribution in [0, 0.1) is 0 Å². The third-order valence-electron chi connectivity index (χ3n) is 15.5. The van der Waals surface area contributed by atoms with Crippen LogP contribution in [-0.2, 0) is 5.41 Å². The van der Waals surface area contributed by atoms with E-state index in [0.29, 0.717) is 0 Å². The van der Waals surface area contributed by atoms with Crippen molar-refractivity contribution in [2.75, 3.05) is 9.80 Å². The summed E-state index contributed by atoms with van der Waals surface area (Å²) >= 11 is 0. The largest absolute Gasteiger partial charge is 0.310 e. The molecule has 0 saturated carbocycles. The first-order chi connectivity index (χ1) is 33.7. The lowest BCUT2D eigenvalue weighted by molar-refractivity contribution is 0.794. The predicted octanol–water partition coefficient (Wildman–Crippen LogP) is 16.3. The third kappa shape index (κ3) is 7.86. The first-order valence-corrected chi connectivity index (χ1v) is 39.7. The van der Waals surface area contributed by atoms with Crippen LogP contribution in [0.4, 0.5) is 34.1 Å². The number of benzene rings is 9. The molecule has 0 N–H and O–H groups in total. The summed E-state index contributed by atoms with van der Waals surface area (Å²) in [5.41, 5.74) is 17.1. The zero-order chi connectivity index (χ0) is 49.8. The van der Waals surface area contributed by atoms with Crippen molar-refractivity contribution in [2.45, 2.75) is 84.0 Å². The number of nitrogens with zero attached hydrogens (tertiary/aromatic N) is 2. The molecule has 0 heterocycles. The van der Waals surface area contributed by atoms with E-state index in [0.717, 1.165) is 5.69 Å². The van der Waals surface area contributed by atoms with Gasteiger partial charge in [-0.1, -0.05) is 227 Å². The molecule has 0 aromatic heterocycles. The van der Waals surface area contributed by atoms with Crippen LogP contribution in [0.5, 0.6) is 0 Å². The monoisotopic (exact) mass is 988 g/mol. The van der Waals surface area contributed by atoms with Gasteiger partial charge in [-0.3, -0.25) is 0 Å². The van der Waals surface area contributed by atoms with E-state index >= 15 is 0 Å². The molecule has 2 nitrogen and oxygen atoms in total. The number of hydrogen-bond acceptors (Lipinski definition) is 2. The van der Waals surface area contributed by atoms with Crippen LogP contribution < -0.4 is 30.5 Å². The summed E-state index contributed by atoms with van der Waals surface area (Å²) < 4.78 is 0.